The van der Waals surface area contributed by atoms with E-state index in [0.29, 0.717) is 30.4 Å². The minimum Gasteiger partial charge on any atom is -0.456 e. The molecule has 7 heteroatoms. The third kappa shape index (κ3) is 5.78. The van der Waals surface area contributed by atoms with Gasteiger partial charge in [-0.3, -0.25) is 9.59 Å². The first-order valence-corrected chi connectivity index (χ1v) is 13.9. The molecule has 2 fully saturated rings. The molecule has 38 heavy (non-hydrogen) atoms. The summed E-state index contributed by atoms with van der Waals surface area (Å²) in [5.41, 5.74) is 4.38. The molecular formula is C31H39N3O4. The number of fused-ring (bicyclic) bond motifs is 1. The second kappa shape index (κ2) is 10.9. The fourth-order valence-electron chi connectivity index (χ4n) is 6.04. The Hall–Kier alpha value is -3.19. The smallest absolute Gasteiger partial charge is 0.338 e. The van der Waals surface area contributed by atoms with Gasteiger partial charge in [-0.2, -0.15) is 0 Å². The zero-order chi connectivity index (χ0) is 26.9. The molecule has 5 rings (SSSR count). The van der Waals surface area contributed by atoms with Gasteiger partial charge >= 0.3 is 5.97 Å². The molecule has 0 bridgehead atoms. The number of likely N-dealkylation sites (tertiary alicyclic amines) is 1. The molecule has 0 aromatic heterocycles. The van der Waals surface area contributed by atoms with Crippen molar-refractivity contribution in [1.82, 2.24) is 10.2 Å². The van der Waals surface area contributed by atoms with Gasteiger partial charge in [-0.1, -0.05) is 24.3 Å². The normalized spacial score (nSPS) is 20.4. The van der Waals surface area contributed by atoms with Gasteiger partial charge in [-0.15, -0.1) is 0 Å². The molecule has 3 aliphatic rings. The molecule has 1 amide bonds. The van der Waals surface area contributed by atoms with Crippen LogP contribution in [0.1, 0.15) is 79.5 Å². The monoisotopic (exact) mass is 517 g/mol. The van der Waals surface area contributed by atoms with Gasteiger partial charge in [-0.25, -0.2) is 4.79 Å². The van der Waals surface area contributed by atoms with E-state index in [4.69, 9.17) is 4.74 Å². The van der Waals surface area contributed by atoms with Crippen molar-refractivity contribution in [3.8, 4) is 0 Å². The number of anilines is 1. The number of ketones is 1. The van der Waals surface area contributed by atoms with Gasteiger partial charge in [-0.05, 0) is 81.3 Å². The third-order valence-electron chi connectivity index (χ3n) is 7.87. The first kappa shape index (κ1) is 26.4. The summed E-state index contributed by atoms with van der Waals surface area (Å²) in [4.78, 5) is 42.5. The first-order valence-electron chi connectivity index (χ1n) is 13.9. The van der Waals surface area contributed by atoms with E-state index >= 15 is 0 Å². The second-order valence-corrected chi connectivity index (χ2v) is 11.7. The Morgan fingerprint density at radius 1 is 1.00 bits per heavy atom. The molecule has 0 aliphatic carbocycles. The third-order valence-corrected chi connectivity index (χ3v) is 7.87. The number of amides is 1. The van der Waals surface area contributed by atoms with Crippen LogP contribution in [0.25, 0.3) is 0 Å². The topological polar surface area (TPSA) is 79.0 Å². The fraction of sp³-hybridized carbons (Fsp3) is 0.516. The van der Waals surface area contributed by atoms with Gasteiger partial charge < -0.3 is 19.9 Å². The maximum atomic E-state index is 13.4. The SMILES string of the molecule is CC(C)(C)OC(=O)c1ccc(CC(=O)C2NCCc3c2cccc3N2CCC(N3CCCC3=O)CC2)cc1. The molecular weight excluding hydrogens is 478 g/mol. The van der Waals surface area contributed by atoms with Crippen LogP contribution in [-0.4, -0.2) is 60.4 Å². The minimum absolute atomic E-state index is 0.124. The van der Waals surface area contributed by atoms with Crippen LogP contribution in [0.2, 0.25) is 0 Å². The van der Waals surface area contributed by atoms with Crippen molar-refractivity contribution in [2.24, 2.45) is 0 Å². The summed E-state index contributed by atoms with van der Waals surface area (Å²) in [5, 5.41) is 3.44. The maximum Gasteiger partial charge on any atom is 0.338 e. The van der Waals surface area contributed by atoms with Crippen molar-refractivity contribution in [2.45, 2.75) is 77.0 Å². The number of carbonyl (C=O) groups excluding carboxylic acids is 3. The highest BCUT2D eigenvalue weighted by molar-refractivity contribution is 5.91. The number of piperidine rings is 1. The molecule has 2 aromatic carbocycles. The molecule has 7 nitrogen and oxygen atoms in total. The summed E-state index contributed by atoms with van der Waals surface area (Å²) >= 11 is 0. The Morgan fingerprint density at radius 2 is 1.74 bits per heavy atom. The van der Waals surface area contributed by atoms with Gasteiger partial charge in [0.1, 0.15) is 5.60 Å². The average molecular weight is 518 g/mol. The number of hydrogen-bond acceptors (Lipinski definition) is 6. The summed E-state index contributed by atoms with van der Waals surface area (Å²) in [6.45, 7) is 9.06. The lowest BCUT2D eigenvalue weighted by atomic mass is 9.88. The van der Waals surface area contributed by atoms with E-state index in [1.165, 1.54) is 11.3 Å². The molecule has 3 aliphatic heterocycles. The lowest BCUT2D eigenvalue weighted by Gasteiger charge is -2.39. The summed E-state index contributed by atoms with van der Waals surface area (Å²) in [6, 6.07) is 13.5. The Morgan fingerprint density at radius 3 is 2.39 bits per heavy atom. The van der Waals surface area contributed by atoms with Crippen molar-refractivity contribution in [1.29, 1.82) is 0 Å². The predicted molar refractivity (Wildman–Crippen MR) is 147 cm³/mol. The van der Waals surface area contributed by atoms with Crippen LogP contribution < -0.4 is 10.2 Å². The van der Waals surface area contributed by atoms with Crippen LogP contribution in [0, 0.1) is 0 Å². The van der Waals surface area contributed by atoms with Gasteiger partial charge in [0.05, 0.1) is 11.6 Å². The predicted octanol–water partition coefficient (Wildman–Crippen LogP) is 4.23. The number of Topliss-reactive ketones (excluding diaryl/α,β-unsaturated/α-hetero) is 1. The molecule has 2 saturated heterocycles. The van der Waals surface area contributed by atoms with Gasteiger partial charge in [0.15, 0.2) is 5.78 Å². The number of hydrogen-bond donors (Lipinski definition) is 1. The number of nitrogens with one attached hydrogen (secondary N) is 1. The van der Waals surface area contributed by atoms with Crippen molar-refractivity contribution < 1.29 is 19.1 Å². The van der Waals surface area contributed by atoms with Gasteiger partial charge in [0, 0.05) is 50.7 Å². The van der Waals surface area contributed by atoms with Crippen LogP contribution in [-0.2, 0) is 27.2 Å². The number of nitrogens with zero attached hydrogens (tertiary/aromatic N) is 2. The Kier molecular flexibility index (Phi) is 7.57. The van der Waals surface area contributed by atoms with Crippen LogP contribution in [0.3, 0.4) is 0 Å². The Balaban J connectivity index is 1.25. The van der Waals surface area contributed by atoms with E-state index in [1.54, 1.807) is 12.1 Å². The summed E-state index contributed by atoms with van der Waals surface area (Å²) in [6.07, 6.45) is 4.87. The second-order valence-electron chi connectivity index (χ2n) is 11.7. The molecule has 2 aromatic rings. The highest BCUT2D eigenvalue weighted by Gasteiger charge is 2.33. The highest BCUT2D eigenvalue weighted by atomic mass is 16.6. The van der Waals surface area contributed by atoms with E-state index in [-0.39, 0.29) is 17.8 Å². The fourth-order valence-corrected chi connectivity index (χ4v) is 6.04. The van der Waals surface area contributed by atoms with Crippen LogP contribution in [0.4, 0.5) is 5.69 Å². The maximum absolute atomic E-state index is 13.4. The van der Waals surface area contributed by atoms with E-state index in [9.17, 15) is 14.4 Å². The van der Waals surface area contributed by atoms with Crippen molar-refractivity contribution in [3.63, 3.8) is 0 Å². The van der Waals surface area contributed by atoms with E-state index in [2.05, 4.69) is 33.3 Å². The first-order chi connectivity index (χ1) is 18.2. The highest BCUT2D eigenvalue weighted by Crippen LogP contribution is 2.34. The van der Waals surface area contributed by atoms with Crippen molar-refractivity contribution >= 4 is 23.3 Å². The van der Waals surface area contributed by atoms with E-state index in [0.717, 1.165) is 63.0 Å². The van der Waals surface area contributed by atoms with E-state index in [1.807, 2.05) is 32.9 Å². The lowest BCUT2D eigenvalue weighted by molar-refractivity contribution is -0.130. The molecule has 1 atom stereocenters. The standard InChI is InChI=1S/C31H39N3O4/c1-31(2,3)38-30(37)22-11-9-21(10-12-22)20-27(35)29-25-6-4-7-26(24(25)13-16-32-29)33-18-14-23(15-19-33)34-17-5-8-28(34)36/h4,6-7,9-12,23,29,32H,5,8,13-20H2,1-3H3. The van der Waals surface area contributed by atoms with Gasteiger partial charge in [0.25, 0.3) is 0 Å². The van der Waals surface area contributed by atoms with Crippen LogP contribution in [0.15, 0.2) is 42.5 Å². The zero-order valence-corrected chi connectivity index (χ0v) is 22.8. The molecule has 0 saturated carbocycles. The van der Waals surface area contributed by atoms with Crippen LogP contribution >= 0.6 is 0 Å². The number of ether oxygens (including phenoxy) is 1. The molecule has 0 radical (unpaired) electrons. The number of rotatable bonds is 6. The molecule has 0 spiro atoms. The average Bonchev–Trinajstić information content (AvgIpc) is 3.33. The molecule has 3 heterocycles. The van der Waals surface area contributed by atoms with Gasteiger partial charge in [0.2, 0.25) is 5.91 Å². The Labute approximate surface area is 225 Å². The zero-order valence-electron chi connectivity index (χ0n) is 22.8. The quantitative estimate of drug-likeness (QED) is 0.578. The molecule has 1 unspecified atom stereocenters. The lowest BCUT2D eigenvalue weighted by Crippen LogP contribution is -2.46. The Bertz CT molecular complexity index is 1190. The minimum atomic E-state index is -0.548. The summed E-state index contributed by atoms with van der Waals surface area (Å²) in [7, 11) is 0. The number of benzene rings is 2. The van der Waals surface area contributed by atoms with E-state index < -0.39 is 5.60 Å². The van der Waals surface area contributed by atoms with Crippen molar-refractivity contribution in [2.75, 3.05) is 31.1 Å². The van der Waals surface area contributed by atoms with Crippen LogP contribution in [0.5, 0.6) is 0 Å². The van der Waals surface area contributed by atoms with Crippen molar-refractivity contribution in [3.05, 3.63) is 64.7 Å². The number of esters is 1. The molecule has 202 valence electrons. The summed E-state index contributed by atoms with van der Waals surface area (Å²) < 4.78 is 5.44. The molecule has 1 N–H and O–H groups in total. The number of carbonyl (C=O) groups is 3. The summed E-state index contributed by atoms with van der Waals surface area (Å²) in [5.74, 6) is 0.0775. The largest absolute Gasteiger partial charge is 0.456 e.